The Kier molecular flexibility index (Phi) is 5.77. The van der Waals surface area contributed by atoms with E-state index in [1.54, 1.807) is 0 Å². The zero-order valence-electron chi connectivity index (χ0n) is 15.3. The molecule has 2 fully saturated rings. The minimum absolute atomic E-state index is 0.334. The third kappa shape index (κ3) is 4.10. The van der Waals surface area contributed by atoms with Crippen LogP contribution in [0, 0.1) is 13.8 Å². The number of nitrogens with zero attached hydrogens (tertiary/aromatic N) is 3. The molecule has 0 bridgehead atoms. The van der Waals surface area contributed by atoms with Crippen molar-refractivity contribution < 1.29 is 4.79 Å². The summed E-state index contributed by atoms with van der Waals surface area (Å²) in [6.45, 7) is 11.2. The second-order valence-electron chi connectivity index (χ2n) is 7.24. The first-order chi connectivity index (χ1) is 11.6. The van der Waals surface area contributed by atoms with Gasteiger partial charge in [0.1, 0.15) is 0 Å². The van der Waals surface area contributed by atoms with E-state index >= 15 is 0 Å². The molecule has 2 heterocycles. The number of benzene rings is 1. The van der Waals surface area contributed by atoms with Crippen molar-refractivity contribution >= 4 is 11.6 Å². The molecule has 0 aliphatic carbocycles. The van der Waals surface area contributed by atoms with Crippen LogP contribution in [-0.2, 0) is 4.79 Å². The van der Waals surface area contributed by atoms with Crippen molar-refractivity contribution in [2.24, 2.45) is 0 Å². The third-order valence-electron chi connectivity index (χ3n) is 5.64. The summed E-state index contributed by atoms with van der Waals surface area (Å²) in [5.74, 6) is 0.334. The first kappa shape index (κ1) is 17.3. The van der Waals surface area contributed by atoms with E-state index in [4.69, 9.17) is 0 Å². The first-order valence-corrected chi connectivity index (χ1v) is 9.46. The van der Waals surface area contributed by atoms with Crippen molar-refractivity contribution in [2.75, 3.05) is 50.7 Å². The number of amides is 1. The van der Waals surface area contributed by atoms with E-state index in [0.29, 0.717) is 12.3 Å². The molecule has 0 radical (unpaired) electrons. The molecule has 3 rings (SSSR count). The van der Waals surface area contributed by atoms with Crippen LogP contribution < -0.4 is 4.90 Å². The van der Waals surface area contributed by atoms with Crippen LogP contribution in [0.2, 0.25) is 0 Å². The molecule has 2 aliphatic heterocycles. The monoisotopic (exact) mass is 329 g/mol. The van der Waals surface area contributed by atoms with Gasteiger partial charge in [-0.15, -0.1) is 0 Å². The number of piperazine rings is 1. The van der Waals surface area contributed by atoms with Crippen molar-refractivity contribution in [3.8, 4) is 0 Å². The molecule has 2 saturated heterocycles. The molecular formula is C20H31N3O. The van der Waals surface area contributed by atoms with Gasteiger partial charge in [-0.1, -0.05) is 18.6 Å². The molecule has 0 unspecified atom stereocenters. The molecule has 0 saturated carbocycles. The minimum atomic E-state index is 0.334. The smallest absolute Gasteiger partial charge is 0.223 e. The maximum Gasteiger partial charge on any atom is 0.223 e. The number of carbonyl (C=O) groups is 1. The van der Waals surface area contributed by atoms with E-state index in [1.165, 1.54) is 49.2 Å². The summed E-state index contributed by atoms with van der Waals surface area (Å²) in [5, 5.41) is 0. The molecule has 0 N–H and O–H groups in total. The number of aryl methyl sites for hydroxylation is 1. The second-order valence-corrected chi connectivity index (χ2v) is 7.24. The van der Waals surface area contributed by atoms with Crippen LogP contribution >= 0.6 is 0 Å². The summed E-state index contributed by atoms with van der Waals surface area (Å²) in [6.07, 6.45) is 4.62. The highest BCUT2D eigenvalue weighted by atomic mass is 16.2. The molecule has 1 aromatic rings. The van der Waals surface area contributed by atoms with Crippen LogP contribution in [0.1, 0.15) is 36.8 Å². The Bertz CT molecular complexity index is 558. The second kappa shape index (κ2) is 8.02. The van der Waals surface area contributed by atoms with Gasteiger partial charge in [0.25, 0.3) is 0 Å². The zero-order chi connectivity index (χ0) is 16.9. The first-order valence-electron chi connectivity index (χ1n) is 9.46. The minimum Gasteiger partial charge on any atom is -0.368 e. The highest BCUT2D eigenvalue weighted by Gasteiger charge is 2.22. The predicted octanol–water partition coefficient (Wildman–Crippen LogP) is 2.83. The summed E-state index contributed by atoms with van der Waals surface area (Å²) >= 11 is 0. The fourth-order valence-corrected chi connectivity index (χ4v) is 3.87. The van der Waals surface area contributed by atoms with Crippen molar-refractivity contribution in [3.05, 3.63) is 29.3 Å². The topological polar surface area (TPSA) is 26.8 Å². The molecule has 24 heavy (non-hydrogen) atoms. The van der Waals surface area contributed by atoms with Gasteiger partial charge >= 0.3 is 0 Å². The van der Waals surface area contributed by atoms with Crippen LogP contribution in [0.3, 0.4) is 0 Å². The van der Waals surface area contributed by atoms with E-state index in [9.17, 15) is 4.79 Å². The third-order valence-corrected chi connectivity index (χ3v) is 5.64. The summed E-state index contributed by atoms with van der Waals surface area (Å²) < 4.78 is 0. The highest BCUT2D eigenvalue weighted by molar-refractivity contribution is 5.76. The van der Waals surface area contributed by atoms with E-state index in [-0.39, 0.29) is 0 Å². The van der Waals surface area contributed by atoms with Gasteiger partial charge in [0, 0.05) is 44.8 Å². The molecule has 2 aliphatic rings. The molecule has 132 valence electrons. The van der Waals surface area contributed by atoms with Crippen molar-refractivity contribution in [3.63, 3.8) is 0 Å². The fraction of sp³-hybridized carbons (Fsp3) is 0.650. The molecule has 4 nitrogen and oxygen atoms in total. The lowest BCUT2D eigenvalue weighted by Crippen LogP contribution is -2.49. The number of piperidine rings is 1. The van der Waals surface area contributed by atoms with Gasteiger partial charge in [-0.05, 0) is 57.0 Å². The Morgan fingerprint density at radius 1 is 0.958 bits per heavy atom. The van der Waals surface area contributed by atoms with Crippen molar-refractivity contribution in [1.82, 2.24) is 9.80 Å². The van der Waals surface area contributed by atoms with Crippen LogP contribution in [0.15, 0.2) is 18.2 Å². The lowest BCUT2D eigenvalue weighted by molar-refractivity contribution is -0.131. The number of carbonyl (C=O) groups excluding carboxylic acids is 1. The average Bonchev–Trinajstić information content (AvgIpc) is 2.63. The number of anilines is 1. The highest BCUT2D eigenvalue weighted by Crippen LogP contribution is 2.24. The lowest BCUT2D eigenvalue weighted by atomic mass is 10.1. The predicted molar refractivity (Wildman–Crippen MR) is 99.6 cm³/mol. The summed E-state index contributed by atoms with van der Waals surface area (Å²) in [7, 11) is 0. The van der Waals surface area contributed by atoms with Gasteiger partial charge in [0.2, 0.25) is 5.91 Å². The number of rotatable bonds is 4. The maximum absolute atomic E-state index is 12.5. The van der Waals surface area contributed by atoms with Gasteiger partial charge in [-0.25, -0.2) is 0 Å². The molecule has 0 spiro atoms. The molecule has 4 heteroatoms. The van der Waals surface area contributed by atoms with Gasteiger partial charge in [-0.3, -0.25) is 4.79 Å². The lowest BCUT2D eigenvalue weighted by Gasteiger charge is -2.37. The molecular weight excluding hydrogens is 298 g/mol. The summed E-state index contributed by atoms with van der Waals surface area (Å²) in [5.41, 5.74) is 4.03. The van der Waals surface area contributed by atoms with Crippen LogP contribution in [0.5, 0.6) is 0 Å². The quantitative estimate of drug-likeness (QED) is 0.850. The summed E-state index contributed by atoms with van der Waals surface area (Å²) in [6, 6.07) is 6.50. The maximum atomic E-state index is 12.5. The Morgan fingerprint density at radius 2 is 1.67 bits per heavy atom. The SMILES string of the molecule is Cc1cccc(N2CCN(C(=O)CCN3CCCCC3)CC2)c1C. The average molecular weight is 329 g/mol. The van der Waals surface area contributed by atoms with E-state index < -0.39 is 0 Å². The standard InChI is InChI=1S/C20H31N3O/c1-17-7-6-8-19(18(17)2)22-13-15-23(16-14-22)20(24)9-12-21-10-4-3-5-11-21/h6-8H,3-5,9-16H2,1-2H3. The van der Waals surface area contributed by atoms with Crippen molar-refractivity contribution in [2.45, 2.75) is 39.5 Å². The normalized spacial score (nSPS) is 19.6. The Hall–Kier alpha value is -1.55. The van der Waals surface area contributed by atoms with Gasteiger partial charge in [0.05, 0.1) is 0 Å². The Balaban J connectivity index is 1.47. The molecule has 1 aromatic carbocycles. The fourth-order valence-electron chi connectivity index (χ4n) is 3.87. The summed E-state index contributed by atoms with van der Waals surface area (Å²) in [4.78, 5) is 19.4. The number of hydrogen-bond donors (Lipinski definition) is 0. The van der Waals surface area contributed by atoms with E-state index in [0.717, 1.165) is 32.7 Å². The number of likely N-dealkylation sites (tertiary alicyclic amines) is 1. The van der Waals surface area contributed by atoms with Crippen LogP contribution in [0.25, 0.3) is 0 Å². The zero-order valence-corrected chi connectivity index (χ0v) is 15.3. The molecule has 0 atom stereocenters. The van der Waals surface area contributed by atoms with Gasteiger partial charge in [-0.2, -0.15) is 0 Å². The van der Waals surface area contributed by atoms with E-state index in [2.05, 4.69) is 46.7 Å². The van der Waals surface area contributed by atoms with Gasteiger partial charge in [0.15, 0.2) is 0 Å². The van der Waals surface area contributed by atoms with Crippen molar-refractivity contribution in [1.29, 1.82) is 0 Å². The molecule has 0 aromatic heterocycles. The van der Waals surface area contributed by atoms with Crippen LogP contribution in [-0.4, -0.2) is 61.5 Å². The van der Waals surface area contributed by atoms with Gasteiger partial charge < -0.3 is 14.7 Å². The van der Waals surface area contributed by atoms with Crippen LogP contribution in [0.4, 0.5) is 5.69 Å². The molecule has 1 amide bonds. The van der Waals surface area contributed by atoms with E-state index in [1.807, 2.05) is 0 Å². The largest absolute Gasteiger partial charge is 0.368 e. The number of hydrogen-bond acceptors (Lipinski definition) is 3. The Labute approximate surface area is 146 Å². The Morgan fingerprint density at radius 3 is 2.38 bits per heavy atom.